The molecule has 30 heavy (non-hydrogen) atoms. The van der Waals surface area contributed by atoms with Gasteiger partial charge in [-0.3, -0.25) is 9.78 Å². The number of aromatic nitrogens is 1. The van der Waals surface area contributed by atoms with Crippen LogP contribution in [0.3, 0.4) is 0 Å². The Morgan fingerprint density at radius 2 is 1.83 bits per heavy atom. The lowest BCUT2D eigenvalue weighted by Crippen LogP contribution is -2.31. The average molecular weight is 417 g/mol. The van der Waals surface area contributed by atoms with Crippen LogP contribution in [0.15, 0.2) is 60.8 Å². The molecule has 1 aliphatic carbocycles. The molecule has 1 N–H and O–H groups in total. The van der Waals surface area contributed by atoms with Crippen molar-refractivity contribution in [3.63, 3.8) is 0 Å². The maximum atomic E-state index is 13.0. The van der Waals surface area contributed by atoms with E-state index in [4.69, 9.17) is 18.0 Å². The summed E-state index contributed by atoms with van der Waals surface area (Å²) in [5.74, 6) is 3.36. The molecule has 1 atom stereocenters. The lowest BCUT2D eigenvalue weighted by atomic mass is 9.72. The molecule has 0 unspecified atom stereocenters. The molecule has 152 valence electrons. The zero-order valence-corrected chi connectivity index (χ0v) is 17.6. The number of hydrogen-bond donors (Lipinski definition) is 1. The number of halogens is 1. The Morgan fingerprint density at radius 1 is 1.10 bits per heavy atom. The lowest BCUT2D eigenvalue weighted by molar-refractivity contribution is -0.121. The van der Waals surface area contributed by atoms with Crippen molar-refractivity contribution in [3.8, 4) is 12.3 Å². The van der Waals surface area contributed by atoms with Crippen molar-refractivity contribution < 1.29 is 4.79 Å². The summed E-state index contributed by atoms with van der Waals surface area (Å²) in [4.78, 5) is 17.5. The molecular weight excluding hydrogens is 392 g/mol. The summed E-state index contributed by atoms with van der Waals surface area (Å²) < 4.78 is 0. The molecule has 1 heterocycles. The van der Waals surface area contributed by atoms with Crippen molar-refractivity contribution in [2.75, 3.05) is 5.32 Å². The number of pyridine rings is 1. The molecule has 4 heteroatoms. The van der Waals surface area contributed by atoms with Crippen molar-refractivity contribution >= 4 is 34.1 Å². The predicted octanol–water partition coefficient (Wildman–Crippen LogP) is 6.44. The molecule has 4 rings (SSSR count). The Morgan fingerprint density at radius 3 is 2.57 bits per heavy atom. The molecule has 1 amide bonds. The first kappa shape index (κ1) is 20.4. The molecule has 1 aliphatic rings. The standard InChI is InChI=1S/C26H25ClN2O/c1-2-5-23(26(30)29-21-14-12-20(27)13-15-21)19-10-8-18(9-11-19)22-16-17-28-25-7-4-3-6-24(22)25/h1,3-4,6-7,12-19,23H,5,8-11H2,(H,29,30)/t18-,19-,23-/m1/s1. The van der Waals surface area contributed by atoms with Gasteiger partial charge in [0.05, 0.1) is 11.4 Å². The van der Waals surface area contributed by atoms with Crippen LogP contribution in [0.5, 0.6) is 0 Å². The van der Waals surface area contributed by atoms with Gasteiger partial charge < -0.3 is 5.32 Å². The fraction of sp³-hybridized carbons (Fsp3) is 0.308. The molecule has 3 nitrogen and oxygen atoms in total. The van der Waals surface area contributed by atoms with E-state index in [0.29, 0.717) is 23.3 Å². The highest BCUT2D eigenvalue weighted by molar-refractivity contribution is 6.30. The number of nitrogens with zero attached hydrogens (tertiary/aromatic N) is 1. The van der Waals surface area contributed by atoms with Gasteiger partial charge in [-0.1, -0.05) is 29.8 Å². The van der Waals surface area contributed by atoms with E-state index >= 15 is 0 Å². The molecule has 0 aliphatic heterocycles. The van der Waals surface area contributed by atoms with Gasteiger partial charge in [0.2, 0.25) is 5.91 Å². The van der Waals surface area contributed by atoms with E-state index in [9.17, 15) is 4.79 Å². The Hall–Kier alpha value is -2.83. The first-order valence-corrected chi connectivity index (χ1v) is 10.9. The van der Waals surface area contributed by atoms with Crippen LogP contribution < -0.4 is 5.32 Å². The summed E-state index contributed by atoms with van der Waals surface area (Å²) in [5, 5.41) is 4.91. The maximum absolute atomic E-state index is 13.0. The third-order valence-corrected chi connectivity index (χ3v) is 6.50. The van der Waals surface area contributed by atoms with Crippen LogP contribution in [0.2, 0.25) is 5.02 Å². The van der Waals surface area contributed by atoms with Crippen molar-refractivity contribution in [2.45, 2.75) is 38.0 Å². The average Bonchev–Trinajstić information content (AvgIpc) is 2.79. The third-order valence-electron chi connectivity index (χ3n) is 6.25. The number of amides is 1. The Kier molecular flexibility index (Phi) is 6.35. The van der Waals surface area contributed by atoms with Gasteiger partial charge in [-0.05, 0) is 79.5 Å². The van der Waals surface area contributed by atoms with E-state index < -0.39 is 0 Å². The number of carbonyl (C=O) groups excluding carboxylic acids is 1. The Labute approximate surface area is 182 Å². The molecule has 2 aromatic carbocycles. The van der Waals surface area contributed by atoms with E-state index in [1.165, 1.54) is 10.9 Å². The van der Waals surface area contributed by atoms with Crippen LogP contribution in [-0.4, -0.2) is 10.9 Å². The monoisotopic (exact) mass is 416 g/mol. The quantitative estimate of drug-likeness (QED) is 0.486. The van der Waals surface area contributed by atoms with E-state index in [0.717, 1.165) is 36.9 Å². The number of anilines is 1. The van der Waals surface area contributed by atoms with Gasteiger partial charge in [-0.2, -0.15) is 0 Å². The second kappa shape index (κ2) is 9.32. The highest BCUT2D eigenvalue weighted by Gasteiger charge is 2.32. The molecule has 0 saturated heterocycles. The minimum absolute atomic E-state index is 0.00748. The number of hydrogen-bond acceptors (Lipinski definition) is 2. The summed E-state index contributed by atoms with van der Waals surface area (Å²) in [5.41, 5.74) is 3.17. The van der Waals surface area contributed by atoms with Gasteiger partial charge in [-0.15, -0.1) is 12.3 Å². The number of para-hydroxylation sites is 1. The van der Waals surface area contributed by atoms with Crippen LogP contribution in [0, 0.1) is 24.2 Å². The fourth-order valence-electron chi connectivity index (χ4n) is 4.68. The highest BCUT2D eigenvalue weighted by Crippen LogP contribution is 2.41. The van der Waals surface area contributed by atoms with Gasteiger partial charge in [0.15, 0.2) is 0 Å². The van der Waals surface area contributed by atoms with Gasteiger partial charge in [0.25, 0.3) is 0 Å². The second-order valence-corrected chi connectivity index (χ2v) is 8.48. The van der Waals surface area contributed by atoms with Crippen LogP contribution in [0.4, 0.5) is 5.69 Å². The number of terminal acetylenes is 1. The highest BCUT2D eigenvalue weighted by atomic mass is 35.5. The number of fused-ring (bicyclic) bond motifs is 1. The van der Waals surface area contributed by atoms with Crippen molar-refractivity contribution in [1.82, 2.24) is 4.98 Å². The summed E-state index contributed by atoms with van der Waals surface area (Å²) in [6, 6.07) is 17.7. The number of carbonyl (C=O) groups is 1. The van der Waals surface area contributed by atoms with Crippen LogP contribution in [0.1, 0.15) is 43.6 Å². The molecule has 1 saturated carbocycles. The van der Waals surface area contributed by atoms with Crippen LogP contribution >= 0.6 is 11.6 Å². The zero-order chi connectivity index (χ0) is 20.9. The largest absolute Gasteiger partial charge is 0.326 e. The smallest absolute Gasteiger partial charge is 0.228 e. The van der Waals surface area contributed by atoms with Crippen LogP contribution in [-0.2, 0) is 4.79 Å². The minimum Gasteiger partial charge on any atom is -0.326 e. The van der Waals surface area contributed by atoms with Gasteiger partial charge in [0, 0.05) is 28.7 Å². The van der Waals surface area contributed by atoms with Crippen molar-refractivity contribution in [3.05, 3.63) is 71.4 Å². The Balaban J connectivity index is 1.44. The van der Waals surface area contributed by atoms with Gasteiger partial charge in [-0.25, -0.2) is 0 Å². The molecule has 0 bridgehead atoms. The van der Waals surface area contributed by atoms with E-state index in [-0.39, 0.29) is 11.8 Å². The molecule has 1 fully saturated rings. The first-order valence-electron chi connectivity index (χ1n) is 10.5. The first-order chi connectivity index (χ1) is 14.7. The third kappa shape index (κ3) is 4.50. The maximum Gasteiger partial charge on any atom is 0.228 e. The van der Waals surface area contributed by atoms with E-state index in [2.05, 4.69) is 40.5 Å². The number of rotatable bonds is 5. The van der Waals surface area contributed by atoms with E-state index in [1.807, 2.05) is 24.4 Å². The molecule has 0 spiro atoms. The summed E-state index contributed by atoms with van der Waals surface area (Å²) in [7, 11) is 0. The molecule has 1 aromatic heterocycles. The lowest BCUT2D eigenvalue weighted by Gasteiger charge is -2.33. The number of nitrogens with one attached hydrogen (secondary N) is 1. The Bertz CT molecular complexity index is 1060. The molecule has 3 aromatic rings. The molecular formula is C26H25ClN2O. The summed E-state index contributed by atoms with van der Waals surface area (Å²) in [6.07, 6.45) is 12.1. The second-order valence-electron chi connectivity index (χ2n) is 8.04. The summed E-state index contributed by atoms with van der Waals surface area (Å²) in [6.45, 7) is 0. The van der Waals surface area contributed by atoms with Crippen molar-refractivity contribution in [2.24, 2.45) is 11.8 Å². The number of benzene rings is 2. The van der Waals surface area contributed by atoms with Gasteiger partial charge >= 0.3 is 0 Å². The van der Waals surface area contributed by atoms with Crippen LogP contribution in [0.25, 0.3) is 10.9 Å². The fourth-order valence-corrected chi connectivity index (χ4v) is 4.80. The predicted molar refractivity (Wildman–Crippen MR) is 123 cm³/mol. The summed E-state index contributed by atoms with van der Waals surface area (Å²) >= 11 is 5.94. The minimum atomic E-state index is -0.166. The van der Waals surface area contributed by atoms with Crippen molar-refractivity contribution in [1.29, 1.82) is 0 Å². The topological polar surface area (TPSA) is 42.0 Å². The van der Waals surface area contributed by atoms with Gasteiger partial charge in [0.1, 0.15) is 0 Å². The van der Waals surface area contributed by atoms with E-state index in [1.54, 1.807) is 12.1 Å². The zero-order valence-electron chi connectivity index (χ0n) is 16.9. The molecule has 0 radical (unpaired) electrons. The SMILES string of the molecule is C#CC[C@@H](C(=O)Nc1ccc(Cl)cc1)[C@H]1CC[C@H](c2ccnc3ccccc32)CC1. The normalized spacial score (nSPS) is 19.7.